The lowest BCUT2D eigenvalue weighted by atomic mass is 10.1. The maximum Gasteiger partial charge on any atom is 0.337 e. The molecule has 7 heteroatoms. The Morgan fingerprint density at radius 2 is 2.00 bits per heavy atom. The highest BCUT2D eigenvalue weighted by Gasteiger charge is 2.23. The quantitative estimate of drug-likeness (QED) is 0.751. The van der Waals surface area contributed by atoms with Crippen LogP contribution >= 0.6 is 0 Å². The van der Waals surface area contributed by atoms with Crippen molar-refractivity contribution in [3.05, 3.63) is 69.3 Å². The van der Waals surface area contributed by atoms with E-state index in [2.05, 4.69) is 4.98 Å². The standard InChI is InChI=1S/C21H18N2O5/c1-27-16-5-3-4-13(19(16)28-2)10-12-6-8-15-18(12)22-17-9-7-14(21(25)26)11-23(17)20(15)24/h3-5,7,9-11H,6,8H2,1-2H3,(H,25,26). The number of pyridine rings is 1. The number of allylic oxidation sites excluding steroid dienone is 1. The number of methoxy groups -OCH3 is 2. The van der Waals surface area contributed by atoms with E-state index >= 15 is 0 Å². The Morgan fingerprint density at radius 3 is 2.71 bits per heavy atom. The maximum atomic E-state index is 12.9. The first-order chi connectivity index (χ1) is 13.5. The van der Waals surface area contributed by atoms with Gasteiger partial charge in [0.1, 0.15) is 5.65 Å². The average molecular weight is 378 g/mol. The van der Waals surface area contributed by atoms with Gasteiger partial charge in [-0.15, -0.1) is 0 Å². The van der Waals surface area contributed by atoms with Gasteiger partial charge in [-0.3, -0.25) is 9.20 Å². The minimum Gasteiger partial charge on any atom is -0.493 e. The van der Waals surface area contributed by atoms with Gasteiger partial charge in [0.25, 0.3) is 5.56 Å². The van der Waals surface area contributed by atoms with Crippen LogP contribution in [0.3, 0.4) is 0 Å². The Morgan fingerprint density at radius 1 is 1.18 bits per heavy atom. The number of carboxylic acid groups (broad SMARTS) is 1. The van der Waals surface area contributed by atoms with E-state index in [1.807, 2.05) is 24.3 Å². The molecule has 1 aliphatic rings. The van der Waals surface area contributed by atoms with Crippen molar-refractivity contribution >= 4 is 23.3 Å². The van der Waals surface area contributed by atoms with Gasteiger partial charge in [0.2, 0.25) is 0 Å². The molecule has 0 aliphatic heterocycles. The summed E-state index contributed by atoms with van der Waals surface area (Å²) < 4.78 is 12.1. The summed E-state index contributed by atoms with van der Waals surface area (Å²) in [4.78, 5) is 28.7. The van der Waals surface area contributed by atoms with Crippen molar-refractivity contribution in [2.75, 3.05) is 14.2 Å². The summed E-state index contributed by atoms with van der Waals surface area (Å²) in [6.07, 6.45) is 4.50. The van der Waals surface area contributed by atoms with Crippen molar-refractivity contribution in [3.63, 3.8) is 0 Å². The second-order valence-corrected chi connectivity index (χ2v) is 6.45. The predicted octanol–water partition coefficient (Wildman–Crippen LogP) is 2.90. The monoisotopic (exact) mass is 378 g/mol. The SMILES string of the molecule is COc1cccc(C=C2CCc3c2nc2ccc(C(=O)O)cn2c3=O)c1OC. The summed E-state index contributed by atoms with van der Waals surface area (Å²) in [6, 6.07) is 8.61. The Kier molecular flexibility index (Phi) is 4.35. The molecule has 0 saturated heterocycles. The summed E-state index contributed by atoms with van der Waals surface area (Å²) in [5.74, 6) is 0.164. The number of nitrogens with zero attached hydrogens (tertiary/aromatic N) is 2. The van der Waals surface area contributed by atoms with Crippen molar-refractivity contribution in [2.45, 2.75) is 12.8 Å². The van der Waals surface area contributed by atoms with Gasteiger partial charge < -0.3 is 14.6 Å². The minimum absolute atomic E-state index is 0.0474. The largest absolute Gasteiger partial charge is 0.493 e. The van der Waals surface area contributed by atoms with Gasteiger partial charge in [0, 0.05) is 17.3 Å². The van der Waals surface area contributed by atoms with Crippen molar-refractivity contribution < 1.29 is 19.4 Å². The number of carboxylic acids is 1. The van der Waals surface area contributed by atoms with Gasteiger partial charge in [-0.2, -0.15) is 0 Å². The van der Waals surface area contributed by atoms with Crippen LogP contribution in [0.15, 0.2) is 41.3 Å². The third kappa shape index (κ3) is 2.81. The zero-order chi connectivity index (χ0) is 19.8. The van der Waals surface area contributed by atoms with Gasteiger partial charge in [0.05, 0.1) is 25.5 Å². The molecular weight excluding hydrogens is 360 g/mol. The van der Waals surface area contributed by atoms with Gasteiger partial charge in [0.15, 0.2) is 11.5 Å². The van der Waals surface area contributed by atoms with Gasteiger partial charge in [-0.25, -0.2) is 9.78 Å². The Bertz CT molecular complexity index is 1190. The minimum atomic E-state index is -1.08. The molecule has 1 aliphatic carbocycles. The van der Waals surface area contributed by atoms with Crippen molar-refractivity contribution in [1.29, 1.82) is 0 Å². The maximum absolute atomic E-state index is 12.9. The number of hydrogen-bond acceptors (Lipinski definition) is 5. The van der Waals surface area contributed by atoms with E-state index in [1.54, 1.807) is 20.3 Å². The number of ether oxygens (including phenoxy) is 2. The average Bonchev–Trinajstić information content (AvgIpc) is 3.10. The third-order valence-corrected chi connectivity index (χ3v) is 4.87. The first kappa shape index (κ1) is 17.8. The lowest BCUT2D eigenvalue weighted by Crippen LogP contribution is -2.20. The molecule has 0 radical (unpaired) electrons. The number of para-hydroxylation sites is 1. The third-order valence-electron chi connectivity index (χ3n) is 4.87. The molecule has 7 nitrogen and oxygen atoms in total. The molecule has 2 heterocycles. The van der Waals surface area contributed by atoms with Crippen LogP contribution in [0.1, 0.15) is 33.6 Å². The first-order valence-electron chi connectivity index (χ1n) is 8.74. The molecule has 1 aromatic carbocycles. The molecule has 4 rings (SSSR count). The van der Waals surface area contributed by atoms with Crippen LogP contribution in [0.4, 0.5) is 0 Å². The molecule has 28 heavy (non-hydrogen) atoms. The topological polar surface area (TPSA) is 90.1 Å². The molecule has 0 unspecified atom stereocenters. The van der Waals surface area contributed by atoms with E-state index in [4.69, 9.17) is 14.6 Å². The van der Waals surface area contributed by atoms with Gasteiger partial charge in [-0.05, 0) is 42.7 Å². The summed E-state index contributed by atoms with van der Waals surface area (Å²) in [5, 5.41) is 9.16. The molecule has 0 atom stereocenters. The number of aromatic carboxylic acids is 1. The fourth-order valence-electron chi connectivity index (χ4n) is 3.52. The van der Waals surface area contributed by atoms with Crippen LogP contribution in [0.2, 0.25) is 0 Å². The van der Waals surface area contributed by atoms with Crippen LogP contribution in [-0.2, 0) is 6.42 Å². The lowest BCUT2D eigenvalue weighted by molar-refractivity contribution is 0.0696. The van der Waals surface area contributed by atoms with Crippen LogP contribution < -0.4 is 15.0 Å². The molecule has 1 N–H and O–H groups in total. The van der Waals surface area contributed by atoms with E-state index in [1.165, 1.54) is 16.7 Å². The van der Waals surface area contributed by atoms with Gasteiger partial charge in [-0.1, -0.05) is 12.1 Å². The predicted molar refractivity (Wildman–Crippen MR) is 104 cm³/mol. The van der Waals surface area contributed by atoms with Crippen molar-refractivity contribution in [1.82, 2.24) is 9.38 Å². The number of hydrogen-bond donors (Lipinski definition) is 1. The second-order valence-electron chi connectivity index (χ2n) is 6.45. The summed E-state index contributed by atoms with van der Waals surface area (Å²) in [7, 11) is 3.17. The number of aromatic nitrogens is 2. The summed E-state index contributed by atoms with van der Waals surface area (Å²) in [6.45, 7) is 0. The molecular formula is C21H18N2O5. The van der Waals surface area contributed by atoms with Crippen molar-refractivity contribution in [3.8, 4) is 11.5 Å². The van der Waals surface area contributed by atoms with E-state index in [0.717, 1.165) is 11.1 Å². The second kappa shape index (κ2) is 6.84. The first-order valence-corrected chi connectivity index (χ1v) is 8.74. The molecule has 0 amide bonds. The van der Waals surface area contributed by atoms with Crippen LogP contribution in [-0.4, -0.2) is 34.7 Å². The number of benzene rings is 1. The normalized spacial score (nSPS) is 14.3. The van der Waals surface area contributed by atoms with Gasteiger partial charge >= 0.3 is 5.97 Å². The lowest BCUT2D eigenvalue weighted by Gasteiger charge is -2.11. The Labute approximate surface area is 160 Å². The molecule has 2 aromatic heterocycles. The molecule has 0 saturated carbocycles. The fourth-order valence-corrected chi connectivity index (χ4v) is 3.52. The zero-order valence-electron chi connectivity index (χ0n) is 15.4. The molecule has 0 fully saturated rings. The highest BCUT2D eigenvalue weighted by Crippen LogP contribution is 2.36. The highest BCUT2D eigenvalue weighted by atomic mass is 16.5. The van der Waals surface area contributed by atoms with E-state index < -0.39 is 5.97 Å². The van der Waals surface area contributed by atoms with Crippen LogP contribution in [0, 0.1) is 0 Å². The van der Waals surface area contributed by atoms with E-state index in [9.17, 15) is 9.59 Å². The highest BCUT2D eigenvalue weighted by molar-refractivity contribution is 5.88. The molecule has 0 spiro atoms. The molecule has 3 aromatic rings. The van der Waals surface area contributed by atoms with E-state index in [-0.39, 0.29) is 11.1 Å². The summed E-state index contributed by atoms with van der Waals surface area (Å²) in [5.41, 5.74) is 3.25. The van der Waals surface area contributed by atoms with Crippen molar-refractivity contribution in [2.24, 2.45) is 0 Å². The molecule has 142 valence electrons. The zero-order valence-corrected chi connectivity index (χ0v) is 15.4. The fraction of sp³-hybridized carbons (Fsp3) is 0.190. The summed E-state index contributed by atoms with van der Waals surface area (Å²) >= 11 is 0. The number of rotatable bonds is 4. The van der Waals surface area contributed by atoms with Crippen LogP contribution in [0.25, 0.3) is 17.3 Å². The number of fused-ring (bicyclic) bond motifs is 2. The Balaban J connectivity index is 1.87. The van der Waals surface area contributed by atoms with Crippen LogP contribution in [0.5, 0.6) is 11.5 Å². The smallest absolute Gasteiger partial charge is 0.337 e. The van der Waals surface area contributed by atoms with E-state index in [0.29, 0.717) is 41.2 Å². The Hall–Kier alpha value is -3.61. The number of carbonyl (C=O) groups is 1. The molecule has 0 bridgehead atoms.